The number of esters is 3. The lowest BCUT2D eigenvalue weighted by atomic mass is 10.0. The van der Waals surface area contributed by atoms with Gasteiger partial charge in [-0.2, -0.15) is 0 Å². The largest absolute Gasteiger partial charge is 0.472 e. The number of allylic oxidation sites excluding steroid dienone is 28. The van der Waals surface area contributed by atoms with Crippen LogP contribution in [0.15, 0.2) is 170 Å². The van der Waals surface area contributed by atoms with Crippen LogP contribution in [-0.2, 0) is 55.8 Å². The zero-order chi connectivity index (χ0) is 87.9. The number of phosphoric acid groups is 2. The summed E-state index contributed by atoms with van der Waals surface area (Å²) >= 11 is 0. The fraction of sp³-hybridized carbons (Fsp3) is 0.699. The van der Waals surface area contributed by atoms with Crippen molar-refractivity contribution in [3.8, 4) is 0 Å². The van der Waals surface area contributed by atoms with Crippen molar-refractivity contribution in [3.63, 3.8) is 0 Å². The van der Waals surface area contributed by atoms with E-state index < -0.39 is 91.5 Å². The Morgan fingerprint density at radius 1 is 0.240 bits per heavy atom. The van der Waals surface area contributed by atoms with Gasteiger partial charge in [-0.3, -0.25) is 32.5 Å². The summed E-state index contributed by atoms with van der Waals surface area (Å²) in [6.07, 6.45) is 123. The van der Waals surface area contributed by atoms with Crippen molar-refractivity contribution in [2.24, 2.45) is 0 Å². The number of carbonyl (C=O) groups excluding carboxylic acids is 3. The molecule has 0 aromatic rings. The van der Waals surface area contributed by atoms with Crippen LogP contribution in [0.3, 0.4) is 0 Å². The van der Waals surface area contributed by atoms with Crippen molar-refractivity contribution in [2.75, 3.05) is 39.6 Å². The molecule has 694 valence electrons. The van der Waals surface area contributed by atoms with Gasteiger partial charge in [0.1, 0.15) is 25.4 Å². The molecular formula is C103H176O16P2. The molecule has 5 atom stereocenters. The first-order valence-corrected chi connectivity index (χ1v) is 51.4. The molecule has 0 aliphatic rings. The lowest BCUT2D eigenvalue weighted by Crippen LogP contribution is -2.30. The summed E-state index contributed by atoms with van der Waals surface area (Å²) in [5, 5.41) is 20.8. The number of aliphatic hydroxyl groups is 2. The van der Waals surface area contributed by atoms with E-state index in [0.717, 1.165) is 167 Å². The second-order valence-electron chi connectivity index (χ2n) is 32.1. The molecule has 0 saturated heterocycles. The first kappa shape index (κ1) is 116. The average Bonchev–Trinajstić information content (AvgIpc) is 0.879. The molecule has 4 N–H and O–H groups in total. The van der Waals surface area contributed by atoms with Gasteiger partial charge in [0.25, 0.3) is 0 Å². The van der Waals surface area contributed by atoms with Crippen LogP contribution >= 0.6 is 15.6 Å². The van der Waals surface area contributed by atoms with Gasteiger partial charge in [-0.05, 0) is 154 Å². The predicted octanol–water partition coefficient (Wildman–Crippen LogP) is 30.2. The highest BCUT2D eigenvalue weighted by Crippen LogP contribution is 2.45. The van der Waals surface area contributed by atoms with Gasteiger partial charge >= 0.3 is 33.6 Å². The van der Waals surface area contributed by atoms with E-state index in [2.05, 4.69) is 191 Å². The number of phosphoric ester groups is 2. The first-order chi connectivity index (χ1) is 59.2. The molecule has 18 heteroatoms. The highest BCUT2D eigenvalue weighted by Gasteiger charge is 2.30. The van der Waals surface area contributed by atoms with Crippen molar-refractivity contribution in [3.05, 3.63) is 170 Å². The maximum atomic E-state index is 13.1. The SMILES string of the molecule is CC/C=C\C/C=C\C/C=C\C/C=C\C/C=C\CCCCCCCCCCCCCCCCCCCCCC(=O)OCC(O)COP(=O)(O)OCC(O)COP(=O)(O)OCC(COC(=O)CCCCCCCCCCCCCCC/C=C\C/C=C\C/C=C\C/C=C\CCCCC)OC(=O)CCCCCCC/C=C\C/C=C\C/C=C\C/C=C\C/C=C\CC. The summed E-state index contributed by atoms with van der Waals surface area (Å²) in [5.74, 6) is -1.59. The first-order valence-electron chi connectivity index (χ1n) is 48.4. The van der Waals surface area contributed by atoms with Crippen LogP contribution in [0.4, 0.5) is 0 Å². The number of aliphatic hydroxyl groups excluding tert-OH is 2. The van der Waals surface area contributed by atoms with E-state index in [1.807, 2.05) is 0 Å². The molecule has 121 heavy (non-hydrogen) atoms. The fourth-order valence-corrected chi connectivity index (χ4v) is 14.7. The third-order valence-electron chi connectivity index (χ3n) is 20.4. The molecule has 0 heterocycles. The van der Waals surface area contributed by atoms with Crippen LogP contribution < -0.4 is 0 Å². The number of hydrogen-bond donors (Lipinski definition) is 4. The molecule has 0 aromatic heterocycles. The molecule has 0 amide bonds. The molecule has 0 aliphatic heterocycles. The van der Waals surface area contributed by atoms with Gasteiger partial charge in [-0.15, -0.1) is 0 Å². The second-order valence-corrected chi connectivity index (χ2v) is 35.0. The van der Waals surface area contributed by atoms with Gasteiger partial charge in [-0.25, -0.2) is 9.13 Å². The van der Waals surface area contributed by atoms with Crippen molar-refractivity contribution in [1.29, 1.82) is 0 Å². The minimum atomic E-state index is -4.95. The van der Waals surface area contributed by atoms with Gasteiger partial charge in [0.2, 0.25) is 0 Å². The molecule has 0 rings (SSSR count). The summed E-state index contributed by atoms with van der Waals surface area (Å²) in [6, 6.07) is 0. The van der Waals surface area contributed by atoms with Gasteiger partial charge < -0.3 is 34.2 Å². The lowest BCUT2D eigenvalue weighted by molar-refractivity contribution is -0.161. The Morgan fingerprint density at radius 2 is 0.438 bits per heavy atom. The van der Waals surface area contributed by atoms with Crippen LogP contribution in [0, 0.1) is 0 Å². The van der Waals surface area contributed by atoms with Crippen molar-refractivity contribution in [1.82, 2.24) is 0 Å². The van der Waals surface area contributed by atoms with Crippen molar-refractivity contribution < 1.29 is 75.8 Å². The van der Waals surface area contributed by atoms with Gasteiger partial charge in [0.15, 0.2) is 6.10 Å². The highest BCUT2D eigenvalue weighted by molar-refractivity contribution is 7.47. The predicted molar refractivity (Wildman–Crippen MR) is 509 cm³/mol. The molecule has 0 aliphatic carbocycles. The Bertz CT molecular complexity index is 2880. The quantitative estimate of drug-likeness (QED) is 0.0146. The Kier molecular flexibility index (Phi) is 90.1. The number of carbonyl (C=O) groups is 3. The maximum Gasteiger partial charge on any atom is 0.472 e. The molecule has 0 bridgehead atoms. The Balaban J connectivity index is 4.54. The van der Waals surface area contributed by atoms with E-state index in [9.17, 15) is 43.5 Å². The minimum absolute atomic E-state index is 0.0787. The third-order valence-corrected chi connectivity index (χ3v) is 22.3. The molecule has 0 saturated carbocycles. The fourth-order valence-electron chi connectivity index (χ4n) is 13.1. The standard InChI is InChI=1S/C103H176O16P2/c1-4-7-10-13-16-19-22-25-28-31-34-37-39-41-43-45-46-47-48-49-50-52-54-55-57-60-62-65-68-71-74-77-80-83-86-89-101(106)113-92-98(104)93-115-120(109,110)116-94-99(105)95-117-121(111,112)118-97-100(119-103(108)91-88-85-82-79-76-73-70-67-64-59-36-33-30-27-24-21-18-15-12-9-6-3)96-114-102(107)90-87-84-81-78-75-72-69-66-63-61-58-56-53-51-44-42-40-38-35-32-29-26-23-20-17-14-11-8-5-2/h7,9-10,12,16-21,25-30,34-38,41-44,59,67,70,98-100,104-105H,4-6,8,11,13-15,22-24,31-33,39-40,45-58,60-66,68-69,71-97H2,1-3H3,(H,109,110)(H,111,112)/b10-7-,12-9-,19-16-,20-17-,21-18-,28-25-,29-26-,30-27-,37-34-,38-35-,43-41-,44-42-,59-36-,70-67-. The smallest absolute Gasteiger partial charge is 0.463 e. The summed E-state index contributed by atoms with van der Waals surface area (Å²) in [7, 11) is -9.82. The summed E-state index contributed by atoms with van der Waals surface area (Å²) in [6.45, 7) is 2.46. The molecule has 5 unspecified atom stereocenters. The summed E-state index contributed by atoms with van der Waals surface area (Å²) in [5.41, 5.74) is 0. The van der Waals surface area contributed by atoms with E-state index in [-0.39, 0.29) is 19.3 Å². The van der Waals surface area contributed by atoms with Crippen LogP contribution in [0.1, 0.15) is 406 Å². The zero-order valence-corrected chi connectivity index (χ0v) is 78.4. The van der Waals surface area contributed by atoms with Crippen molar-refractivity contribution >= 4 is 33.6 Å². The monoisotopic (exact) mass is 1730 g/mol. The molecule has 0 spiro atoms. The van der Waals surface area contributed by atoms with E-state index in [1.54, 1.807) is 0 Å². The Hall–Kier alpha value is -5.09. The van der Waals surface area contributed by atoms with Crippen LogP contribution in [0.5, 0.6) is 0 Å². The van der Waals surface area contributed by atoms with Crippen LogP contribution in [-0.4, -0.2) is 95.9 Å². The normalized spacial score (nSPS) is 14.5. The Labute approximate surface area is 739 Å². The van der Waals surface area contributed by atoms with E-state index in [4.69, 9.17) is 32.3 Å². The molecule has 0 radical (unpaired) electrons. The molecular weight excluding hydrogens is 1560 g/mol. The topological polar surface area (TPSA) is 231 Å². The maximum absolute atomic E-state index is 13.1. The third kappa shape index (κ3) is 95.4. The van der Waals surface area contributed by atoms with E-state index in [0.29, 0.717) is 19.3 Å². The molecule has 0 aromatic carbocycles. The van der Waals surface area contributed by atoms with Crippen molar-refractivity contribution in [2.45, 2.75) is 424 Å². The minimum Gasteiger partial charge on any atom is -0.463 e. The van der Waals surface area contributed by atoms with Crippen LogP contribution in [0.2, 0.25) is 0 Å². The van der Waals surface area contributed by atoms with Gasteiger partial charge in [0, 0.05) is 19.3 Å². The average molecular weight is 1730 g/mol. The summed E-state index contributed by atoms with van der Waals surface area (Å²) < 4.78 is 61.5. The van der Waals surface area contributed by atoms with Gasteiger partial charge in [-0.1, -0.05) is 403 Å². The number of hydrogen-bond acceptors (Lipinski definition) is 14. The number of unbranched alkanes of at least 4 members (excludes halogenated alkanes) is 40. The highest BCUT2D eigenvalue weighted by atomic mass is 31.2. The number of ether oxygens (including phenoxy) is 3. The van der Waals surface area contributed by atoms with E-state index in [1.165, 1.54) is 180 Å². The number of rotatable bonds is 91. The van der Waals surface area contributed by atoms with Crippen LogP contribution in [0.25, 0.3) is 0 Å². The molecule has 16 nitrogen and oxygen atoms in total. The van der Waals surface area contributed by atoms with E-state index >= 15 is 0 Å². The summed E-state index contributed by atoms with van der Waals surface area (Å²) in [4.78, 5) is 59.1. The van der Waals surface area contributed by atoms with Gasteiger partial charge in [0.05, 0.1) is 26.4 Å². The second kappa shape index (κ2) is 94.1. The Morgan fingerprint density at radius 3 is 0.694 bits per heavy atom. The lowest BCUT2D eigenvalue weighted by Gasteiger charge is -2.21. The molecule has 0 fully saturated rings. The zero-order valence-electron chi connectivity index (χ0n) is 76.6.